The van der Waals surface area contributed by atoms with Crippen LogP contribution in [0.1, 0.15) is 40.6 Å². The number of carbonyl (C=O) groups excluding carboxylic acids is 1. The monoisotopic (exact) mass is 595 g/mol. The number of imidazole rings is 1. The van der Waals surface area contributed by atoms with Crippen molar-refractivity contribution < 1.29 is 36.3 Å². The Morgan fingerprint density at radius 3 is 2.22 bits per heavy atom. The van der Waals surface area contributed by atoms with E-state index in [0.29, 0.717) is 31.9 Å². The molecule has 41 heavy (non-hydrogen) atoms. The molecule has 1 aromatic carbocycles. The van der Waals surface area contributed by atoms with Crippen LogP contribution in [0.2, 0.25) is 0 Å². The molecule has 2 aliphatic rings. The van der Waals surface area contributed by atoms with Crippen LogP contribution in [0.15, 0.2) is 48.7 Å². The Hall–Kier alpha value is -3.65. The van der Waals surface area contributed by atoms with Crippen LogP contribution in [-0.2, 0) is 14.8 Å². The number of fused-ring (bicyclic) bond motifs is 1. The van der Waals surface area contributed by atoms with E-state index in [1.54, 1.807) is 0 Å². The second kappa shape index (κ2) is 12.1. The van der Waals surface area contributed by atoms with Gasteiger partial charge in [0.1, 0.15) is 5.82 Å². The molecule has 1 amide bonds. The van der Waals surface area contributed by atoms with Gasteiger partial charge < -0.3 is 19.3 Å². The van der Waals surface area contributed by atoms with E-state index in [9.17, 15) is 26.4 Å². The zero-order valence-electron chi connectivity index (χ0n) is 22.7. The van der Waals surface area contributed by atoms with Gasteiger partial charge in [-0.05, 0) is 44.0 Å². The van der Waals surface area contributed by atoms with E-state index in [1.165, 1.54) is 21.8 Å². The standard InChI is InChI=1S/C25H31N5O3S.C2HF3O2/c1-19-8-10-21(11-9-19)27-14-16-28(17-15-27)25(31)23-22-7-3-4-13-30(22)24(26-23)20-6-5-12-29(18-20)34(2,32)33;3-2(4,5)1(6)7/h3-4,7-11,13,20H,5-6,12,14-18H2,1-2H3;(H,6,7). The molecule has 0 spiro atoms. The summed E-state index contributed by atoms with van der Waals surface area (Å²) in [4.78, 5) is 31.5. The largest absolute Gasteiger partial charge is 0.490 e. The number of hydrogen-bond acceptors (Lipinski definition) is 6. The summed E-state index contributed by atoms with van der Waals surface area (Å²) in [6, 6.07) is 14.2. The second-order valence-corrected chi connectivity index (χ2v) is 12.1. The Balaban J connectivity index is 0.000000493. The highest BCUT2D eigenvalue weighted by Gasteiger charge is 2.38. The second-order valence-electron chi connectivity index (χ2n) is 10.2. The highest BCUT2D eigenvalue weighted by Crippen LogP contribution is 2.30. The Labute approximate surface area is 236 Å². The predicted octanol–water partition coefficient (Wildman–Crippen LogP) is 3.38. The highest BCUT2D eigenvalue weighted by molar-refractivity contribution is 7.88. The van der Waals surface area contributed by atoms with Crippen LogP contribution < -0.4 is 4.90 Å². The topological polar surface area (TPSA) is 116 Å². The lowest BCUT2D eigenvalue weighted by Gasteiger charge is -2.36. The van der Waals surface area contributed by atoms with Gasteiger partial charge in [-0.25, -0.2) is 22.5 Å². The van der Waals surface area contributed by atoms with Crippen molar-refractivity contribution in [3.05, 3.63) is 65.7 Å². The van der Waals surface area contributed by atoms with Crippen LogP contribution in [0.5, 0.6) is 0 Å². The van der Waals surface area contributed by atoms with Crippen molar-refractivity contribution in [2.45, 2.75) is 31.9 Å². The smallest absolute Gasteiger partial charge is 0.475 e. The van der Waals surface area contributed by atoms with Crippen molar-refractivity contribution in [1.29, 1.82) is 0 Å². The third-order valence-corrected chi connectivity index (χ3v) is 8.47. The highest BCUT2D eigenvalue weighted by atomic mass is 32.2. The Kier molecular flexibility index (Phi) is 8.92. The minimum Gasteiger partial charge on any atom is -0.475 e. The number of alkyl halides is 3. The van der Waals surface area contributed by atoms with Crippen LogP contribution in [-0.4, -0.2) is 95.7 Å². The maximum atomic E-state index is 13.5. The molecule has 0 bridgehead atoms. The van der Waals surface area contributed by atoms with Crippen molar-refractivity contribution in [3.63, 3.8) is 0 Å². The van der Waals surface area contributed by atoms with Gasteiger partial charge >= 0.3 is 12.1 Å². The van der Waals surface area contributed by atoms with Crippen LogP contribution in [0.25, 0.3) is 5.52 Å². The van der Waals surface area contributed by atoms with E-state index in [2.05, 4.69) is 36.1 Å². The normalized spacial score (nSPS) is 18.6. The van der Waals surface area contributed by atoms with E-state index in [-0.39, 0.29) is 11.8 Å². The van der Waals surface area contributed by atoms with Gasteiger partial charge in [0, 0.05) is 57.1 Å². The van der Waals surface area contributed by atoms with Crippen LogP contribution in [0.3, 0.4) is 0 Å². The average Bonchev–Trinajstić information content (AvgIpc) is 3.32. The molecule has 5 rings (SSSR count). The summed E-state index contributed by atoms with van der Waals surface area (Å²) in [6.45, 7) is 5.85. The number of aromatic nitrogens is 2. The Bertz CT molecular complexity index is 1500. The van der Waals surface area contributed by atoms with Crippen molar-refractivity contribution in [2.75, 3.05) is 50.4 Å². The van der Waals surface area contributed by atoms with Gasteiger partial charge in [0.15, 0.2) is 5.69 Å². The number of piperazine rings is 1. The summed E-state index contributed by atoms with van der Waals surface area (Å²) in [5.74, 6) is -2.09. The first-order valence-corrected chi connectivity index (χ1v) is 14.9. The molecule has 2 aliphatic heterocycles. The third-order valence-electron chi connectivity index (χ3n) is 7.21. The molecule has 222 valence electrons. The van der Waals surface area contributed by atoms with Crippen molar-refractivity contribution in [3.8, 4) is 0 Å². The summed E-state index contributed by atoms with van der Waals surface area (Å²) in [5, 5.41) is 7.12. The minimum atomic E-state index is -5.08. The number of carboxylic acids is 1. The maximum Gasteiger partial charge on any atom is 0.490 e. The van der Waals surface area contributed by atoms with Gasteiger partial charge in [-0.3, -0.25) is 4.79 Å². The number of aryl methyl sites for hydroxylation is 1. The van der Waals surface area contributed by atoms with Gasteiger partial charge in [-0.1, -0.05) is 23.8 Å². The lowest BCUT2D eigenvalue weighted by atomic mass is 9.99. The fraction of sp³-hybridized carbons (Fsp3) is 0.444. The summed E-state index contributed by atoms with van der Waals surface area (Å²) < 4.78 is 59.5. The number of benzene rings is 1. The number of carbonyl (C=O) groups is 2. The van der Waals surface area contributed by atoms with Crippen LogP contribution in [0, 0.1) is 6.92 Å². The van der Waals surface area contributed by atoms with E-state index in [4.69, 9.17) is 14.9 Å². The molecule has 2 fully saturated rings. The summed E-state index contributed by atoms with van der Waals surface area (Å²) in [5.41, 5.74) is 3.65. The molecule has 1 unspecified atom stereocenters. The number of piperidine rings is 1. The number of halogens is 3. The van der Waals surface area contributed by atoms with Gasteiger partial charge in [0.05, 0.1) is 11.8 Å². The number of sulfonamides is 1. The number of nitrogens with zero attached hydrogens (tertiary/aromatic N) is 5. The fourth-order valence-corrected chi connectivity index (χ4v) is 5.95. The van der Waals surface area contributed by atoms with E-state index in [1.807, 2.05) is 33.7 Å². The third kappa shape index (κ3) is 7.17. The molecule has 14 heteroatoms. The lowest BCUT2D eigenvalue weighted by molar-refractivity contribution is -0.192. The van der Waals surface area contributed by atoms with E-state index >= 15 is 0 Å². The summed E-state index contributed by atoms with van der Waals surface area (Å²) >= 11 is 0. The number of carboxylic acid groups (broad SMARTS) is 1. The number of anilines is 1. The molecule has 2 saturated heterocycles. The molecule has 1 atom stereocenters. The Morgan fingerprint density at radius 2 is 1.63 bits per heavy atom. The molecule has 0 radical (unpaired) electrons. The lowest BCUT2D eigenvalue weighted by Crippen LogP contribution is -2.49. The molecule has 3 aromatic rings. The zero-order valence-corrected chi connectivity index (χ0v) is 23.5. The number of hydrogen-bond donors (Lipinski definition) is 1. The fourth-order valence-electron chi connectivity index (χ4n) is 5.03. The first-order chi connectivity index (χ1) is 19.3. The average molecular weight is 596 g/mol. The van der Waals surface area contributed by atoms with Gasteiger partial charge in [-0.15, -0.1) is 0 Å². The van der Waals surface area contributed by atoms with Crippen LogP contribution in [0.4, 0.5) is 18.9 Å². The molecule has 0 saturated carbocycles. The molecule has 10 nitrogen and oxygen atoms in total. The van der Waals surface area contributed by atoms with Gasteiger partial charge in [0.25, 0.3) is 5.91 Å². The molecule has 0 aliphatic carbocycles. The maximum absolute atomic E-state index is 13.5. The minimum absolute atomic E-state index is 0.0432. The summed E-state index contributed by atoms with van der Waals surface area (Å²) in [6.07, 6.45) is -0.278. The van der Waals surface area contributed by atoms with Crippen molar-refractivity contribution >= 4 is 33.1 Å². The van der Waals surface area contributed by atoms with Crippen LogP contribution >= 0.6 is 0 Å². The van der Waals surface area contributed by atoms with Crippen molar-refractivity contribution in [1.82, 2.24) is 18.6 Å². The molecule has 4 heterocycles. The van der Waals surface area contributed by atoms with E-state index in [0.717, 1.165) is 37.3 Å². The number of rotatable bonds is 4. The molecule has 1 N–H and O–H groups in total. The number of aliphatic carboxylic acids is 1. The first-order valence-electron chi connectivity index (χ1n) is 13.1. The van der Waals surface area contributed by atoms with E-state index < -0.39 is 22.2 Å². The summed E-state index contributed by atoms with van der Waals surface area (Å²) in [7, 11) is -3.26. The molecule has 2 aromatic heterocycles. The van der Waals surface area contributed by atoms with Gasteiger partial charge in [0.2, 0.25) is 10.0 Å². The quantitative estimate of drug-likeness (QED) is 0.492. The zero-order chi connectivity index (χ0) is 29.9. The van der Waals surface area contributed by atoms with Crippen molar-refractivity contribution in [2.24, 2.45) is 0 Å². The number of pyridine rings is 1. The SMILES string of the molecule is Cc1ccc(N2CCN(C(=O)c3nc(C4CCCN(S(C)(=O)=O)C4)n4ccccc34)CC2)cc1.O=C(O)C(F)(F)F. The molecular weight excluding hydrogens is 563 g/mol. The Morgan fingerprint density at radius 1 is 1.00 bits per heavy atom. The number of amides is 1. The molecular formula is C27H32F3N5O5S. The predicted molar refractivity (Wildman–Crippen MR) is 147 cm³/mol. The first kappa shape index (κ1) is 30.3. The van der Waals surface area contributed by atoms with Gasteiger partial charge in [-0.2, -0.15) is 13.2 Å².